The quantitative estimate of drug-likeness (QED) is 0.599. The van der Waals surface area contributed by atoms with Gasteiger partial charge in [0.25, 0.3) is 0 Å². The highest BCUT2D eigenvalue weighted by Crippen LogP contribution is 2.28. The molecule has 0 bridgehead atoms. The van der Waals surface area contributed by atoms with Gasteiger partial charge in [0.1, 0.15) is 5.75 Å². The number of nitrogen functional groups attached to an aromatic ring is 1. The number of benzene rings is 2. The van der Waals surface area contributed by atoms with Crippen molar-refractivity contribution < 1.29 is 10.1 Å². The lowest BCUT2D eigenvalue weighted by Crippen LogP contribution is -2.11. The van der Waals surface area contributed by atoms with E-state index in [0.717, 1.165) is 16.9 Å². The third kappa shape index (κ3) is 2.95. The van der Waals surface area contributed by atoms with Crippen molar-refractivity contribution >= 4 is 5.69 Å². The highest BCUT2D eigenvalue weighted by molar-refractivity contribution is 5.69. The Morgan fingerprint density at radius 3 is 2.24 bits per heavy atom. The fourth-order valence-corrected chi connectivity index (χ4v) is 1.52. The summed E-state index contributed by atoms with van der Waals surface area (Å²) < 4.78 is 5.18. The van der Waals surface area contributed by atoms with Gasteiger partial charge in [-0.2, -0.15) is 0 Å². The van der Waals surface area contributed by atoms with Crippen LogP contribution in [-0.2, 0) is 0 Å². The maximum atomic E-state index is 6.25. The zero-order chi connectivity index (χ0) is 12.7. The van der Waals surface area contributed by atoms with Gasteiger partial charge in [-0.15, -0.1) is 0 Å². The summed E-state index contributed by atoms with van der Waals surface area (Å²) in [5.41, 5.74) is 8.69. The molecule has 0 radical (unpaired) electrons. The molecule has 2 aromatic carbocycles. The van der Waals surface area contributed by atoms with E-state index in [1.54, 1.807) is 7.11 Å². The predicted molar refractivity (Wildman–Crippen MR) is 65.5 cm³/mol. The summed E-state index contributed by atoms with van der Waals surface area (Å²) in [5.74, 6) is 0.719. The van der Waals surface area contributed by atoms with E-state index in [4.69, 9.17) is 21.3 Å². The van der Waals surface area contributed by atoms with Gasteiger partial charge in [-0.05, 0) is 23.3 Å². The van der Waals surface area contributed by atoms with Crippen molar-refractivity contribution in [3.05, 3.63) is 48.5 Å². The minimum absolute atomic E-state index is 0.664. The van der Waals surface area contributed by atoms with Gasteiger partial charge in [0, 0.05) is 0 Å². The number of anilines is 1. The van der Waals surface area contributed by atoms with Gasteiger partial charge < -0.3 is 10.5 Å². The number of methoxy groups -OCH3 is 1. The summed E-state index contributed by atoms with van der Waals surface area (Å²) in [6, 6.07) is 15.9. The molecule has 0 aliphatic rings. The Hall–Kier alpha value is -2.54. The van der Waals surface area contributed by atoms with E-state index in [1.807, 2.05) is 36.4 Å². The minimum Gasteiger partial charge on any atom is -0.495 e. The van der Waals surface area contributed by atoms with Crippen molar-refractivity contribution in [2.75, 3.05) is 12.8 Å². The van der Waals surface area contributed by atoms with Gasteiger partial charge in [-0.25, -0.2) is 0 Å². The molecule has 3 N–H and O–H groups in total. The summed E-state index contributed by atoms with van der Waals surface area (Å²) >= 11 is 0. The predicted octanol–water partition coefficient (Wildman–Crippen LogP) is 1.22. The molecule has 0 saturated carbocycles. The topological polar surface area (TPSA) is 82.8 Å². The van der Waals surface area contributed by atoms with Crippen LogP contribution in [0.2, 0.25) is 0 Å². The number of hydrogen-bond donors (Lipinski definition) is 2. The van der Waals surface area contributed by atoms with Crippen molar-refractivity contribution in [2.45, 2.75) is 0 Å². The molecule has 0 saturated heterocycles. The molecule has 0 heterocycles. The zero-order valence-electron chi connectivity index (χ0n) is 9.55. The summed E-state index contributed by atoms with van der Waals surface area (Å²) in [6.07, 6.45) is 0. The zero-order valence-corrected chi connectivity index (χ0v) is 9.55. The van der Waals surface area contributed by atoms with E-state index < -0.39 is 0 Å². The Labute approximate surface area is 100 Å². The molecule has 4 heteroatoms. The van der Waals surface area contributed by atoms with Crippen molar-refractivity contribution in [2.24, 2.45) is 0 Å². The highest BCUT2D eigenvalue weighted by atomic mass is 16.5. The van der Waals surface area contributed by atoms with Crippen LogP contribution in [0.25, 0.3) is 11.1 Å². The highest BCUT2D eigenvalue weighted by Gasteiger charge is 2.02. The van der Waals surface area contributed by atoms with Gasteiger partial charge in [0.2, 0.25) is 5.39 Å². The van der Waals surface area contributed by atoms with Crippen LogP contribution in [0, 0.1) is 5.39 Å². The normalized spacial score (nSPS) is 8.88. The Morgan fingerprint density at radius 2 is 1.65 bits per heavy atom. The smallest absolute Gasteiger partial charge is 0.212 e. The molecule has 86 valence electrons. The maximum absolute atomic E-state index is 6.25. The summed E-state index contributed by atoms with van der Waals surface area (Å²) in [7, 11) is 1.63. The summed E-state index contributed by atoms with van der Waals surface area (Å²) in [4.78, 5) is 0. The molecule has 2 aromatic rings. The number of nitrogens with one attached hydrogen (secondary N) is 1. The van der Waals surface area contributed by atoms with Crippen LogP contribution in [0.15, 0.2) is 48.5 Å². The standard InChI is InChI=1S/C13H13NO.N2/c1-15-13-9-11(7-8-12(13)14)10-5-3-2-4-6-10;1-2/h2-9H,14H2,1H3;/p+1. The van der Waals surface area contributed by atoms with Crippen molar-refractivity contribution in [1.82, 2.24) is 0 Å². The van der Waals surface area contributed by atoms with Crippen molar-refractivity contribution in [3.63, 3.8) is 0 Å². The first-order valence-corrected chi connectivity index (χ1v) is 5.02. The molecule has 0 unspecified atom stereocenters. The Balaban J connectivity index is 0.000000686. The fraction of sp³-hybridized carbons (Fsp3) is 0.0769. The second-order valence-electron chi connectivity index (χ2n) is 3.32. The molecule has 0 amide bonds. The molecule has 0 aliphatic carbocycles. The van der Waals surface area contributed by atoms with E-state index in [9.17, 15) is 0 Å². The number of nitrogens with zero attached hydrogens (tertiary/aromatic N) is 1. The summed E-state index contributed by atoms with van der Waals surface area (Å²) in [5, 5.41) is 11.0. The molecule has 0 fully saturated rings. The first kappa shape index (κ1) is 12.5. The maximum Gasteiger partial charge on any atom is 0.212 e. The first-order chi connectivity index (χ1) is 8.31. The van der Waals surface area contributed by atoms with Crippen molar-refractivity contribution in [1.29, 1.82) is 5.39 Å². The van der Waals surface area contributed by atoms with Crippen LogP contribution >= 0.6 is 0 Å². The molecule has 0 aliphatic heterocycles. The number of hydrogen-bond acceptors (Lipinski definition) is 3. The third-order valence-corrected chi connectivity index (χ3v) is 2.34. The number of nitrogens with two attached hydrogens (primary N) is 1. The number of ether oxygens (including phenoxy) is 1. The lowest BCUT2D eigenvalue weighted by atomic mass is 10.1. The van der Waals surface area contributed by atoms with E-state index in [2.05, 4.69) is 12.1 Å². The molecule has 0 aromatic heterocycles. The van der Waals surface area contributed by atoms with Gasteiger partial charge >= 0.3 is 0 Å². The van der Waals surface area contributed by atoms with Gasteiger partial charge in [-0.1, -0.05) is 36.4 Å². The van der Waals surface area contributed by atoms with Crippen LogP contribution in [0.1, 0.15) is 0 Å². The number of diazo groups is 1. The number of rotatable bonds is 2. The van der Waals surface area contributed by atoms with Gasteiger partial charge in [-0.3, -0.25) is 0 Å². The first-order valence-electron chi connectivity index (χ1n) is 5.02. The molecule has 17 heavy (non-hydrogen) atoms. The minimum atomic E-state index is 0.664. The fourth-order valence-electron chi connectivity index (χ4n) is 1.52. The molecule has 4 nitrogen and oxygen atoms in total. The third-order valence-electron chi connectivity index (χ3n) is 2.34. The Bertz CT molecular complexity index is 495. The van der Waals surface area contributed by atoms with Crippen LogP contribution < -0.4 is 15.9 Å². The van der Waals surface area contributed by atoms with E-state index in [0.29, 0.717) is 5.69 Å². The van der Waals surface area contributed by atoms with Crippen LogP contribution in [0.5, 0.6) is 5.75 Å². The van der Waals surface area contributed by atoms with E-state index >= 15 is 0 Å². The molecule has 0 atom stereocenters. The lowest BCUT2D eigenvalue weighted by molar-refractivity contribution is -0.175. The summed E-state index contributed by atoms with van der Waals surface area (Å²) in [6.45, 7) is 0. The largest absolute Gasteiger partial charge is 0.495 e. The van der Waals surface area contributed by atoms with Crippen molar-refractivity contribution in [3.8, 4) is 16.9 Å². The van der Waals surface area contributed by atoms with E-state index in [1.165, 1.54) is 0 Å². The van der Waals surface area contributed by atoms with Crippen LogP contribution in [0.3, 0.4) is 0 Å². The molecular weight excluding hydrogens is 214 g/mol. The van der Waals surface area contributed by atoms with Crippen LogP contribution in [0.4, 0.5) is 5.69 Å². The second kappa shape index (κ2) is 6.13. The average molecular weight is 228 g/mol. The van der Waals surface area contributed by atoms with E-state index in [-0.39, 0.29) is 0 Å². The molecule has 2 rings (SSSR count). The molecular formula is C13H14N3O+. The SMILES string of the molecule is COc1cc(-c2ccccc2)ccc1N.N#[NH+]. The van der Waals surface area contributed by atoms with Crippen LogP contribution in [-0.4, -0.2) is 7.11 Å². The van der Waals surface area contributed by atoms with Gasteiger partial charge in [0.05, 0.1) is 18.2 Å². The second-order valence-corrected chi connectivity index (χ2v) is 3.32. The Morgan fingerprint density at radius 1 is 1.00 bits per heavy atom. The molecule has 0 spiro atoms. The van der Waals surface area contributed by atoms with Gasteiger partial charge in [0.15, 0.2) is 0 Å². The lowest BCUT2D eigenvalue weighted by Gasteiger charge is -2.07. The Kier molecular flexibility index (Phi) is 4.52. The average Bonchev–Trinajstić information content (AvgIpc) is 2.42. The monoisotopic (exact) mass is 228 g/mol.